The van der Waals surface area contributed by atoms with Crippen LogP contribution >= 0.6 is 11.3 Å². The van der Waals surface area contributed by atoms with Gasteiger partial charge < -0.3 is 0 Å². The number of nitrogens with zero attached hydrogens (tertiary/aromatic N) is 5. The predicted octanol–water partition coefficient (Wildman–Crippen LogP) is 11.0. The maximum absolute atomic E-state index is 5.06. The SMILES string of the molecule is c1ccc(-c2ccc(-c3nc(-c4ccc(-c5ccccc5)cc4)nc(-c4cccc(-c5cccc6c5sc5cncnc56)c4)n3)cc2)cc1. The van der Waals surface area contributed by atoms with E-state index < -0.39 is 0 Å². The Morgan fingerprint density at radius 3 is 1.51 bits per heavy atom. The molecule has 0 amide bonds. The minimum Gasteiger partial charge on any atom is -0.243 e. The van der Waals surface area contributed by atoms with Gasteiger partial charge in [0.2, 0.25) is 0 Å². The van der Waals surface area contributed by atoms with Crippen LogP contribution in [0.4, 0.5) is 0 Å². The van der Waals surface area contributed by atoms with Gasteiger partial charge in [0.15, 0.2) is 17.5 Å². The quantitative estimate of drug-likeness (QED) is 0.180. The molecule has 49 heavy (non-hydrogen) atoms. The molecular formula is C43H27N5S. The van der Waals surface area contributed by atoms with Crippen molar-refractivity contribution in [3.05, 3.63) is 164 Å². The third kappa shape index (κ3) is 5.54. The number of aromatic nitrogens is 5. The van der Waals surface area contributed by atoms with Crippen LogP contribution in [0.15, 0.2) is 164 Å². The van der Waals surface area contributed by atoms with Gasteiger partial charge in [0.1, 0.15) is 6.33 Å². The van der Waals surface area contributed by atoms with Gasteiger partial charge in [0.05, 0.1) is 10.2 Å². The van der Waals surface area contributed by atoms with E-state index >= 15 is 0 Å². The van der Waals surface area contributed by atoms with Crippen LogP contribution in [-0.4, -0.2) is 24.9 Å². The first-order valence-corrected chi connectivity index (χ1v) is 16.9. The Balaban J connectivity index is 1.16. The molecule has 230 valence electrons. The minimum atomic E-state index is 0.621. The van der Waals surface area contributed by atoms with Gasteiger partial charge >= 0.3 is 0 Å². The summed E-state index contributed by atoms with van der Waals surface area (Å²) in [5.74, 6) is 1.88. The van der Waals surface area contributed by atoms with Crippen molar-refractivity contribution in [3.8, 4) is 67.5 Å². The van der Waals surface area contributed by atoms with Crippen LogP contribution in [0, 0.1) is 0 Å². The zero-order valence-electron chi connectivity index (χ0n) is 26.2. The number of hydrogen-bond donors (Lipinski definition) is 0. The molecule has 3 heterocycles. The Hall–Kier alpha value is -6.37. The average Bonchev–Trinajstić information content (AvgIpc) is 3.58. The molecule has 0 radical (unpaired) electrons. The van der Waals surface area contributed by atoms with Gasteiger partial charge in [-0.3, -0.25) is 0 Å². The summed E-state index contributed by atoms with van der Waals surface area (Å²) >= 11 is 1.72. The van der Waals surface area contributed by atoms with Crippen LogP contribution in [0.2, 0.25) is 0 Å². The van der Waals surface area contributed by atoms with E-state index in [2.05, 4.69) is 149 Å². The Labute approximate surface area is 287 Å². The molecule has 6 heteroatoms. The van der Waals surface area contributed by atoms with E-state index in [1.807, 2.05) is 18.3 Å². The average molecular weight is 646 g/mol. The summed E-state index contributed by atoms with van der Waals surface area (Å²) in [7, 11) is 0. The molecule has 6 aromatic carbocycles. The molecule has 0 atom stereocenters. The fourth-order valence-electron chi connectivity index (χ4n) is 6.24. The Morgan fingerprint density at radius 1 is 0.408 bits per heavy atom. The summed E-state index contributed by atoms with van der Waals surface area (Å²) in [5, 5.41) is 1.13. The van der Waals surface area contributed by atoms with E-state index in [4.69, 9.17) is 15.0 Å². The Kier molecular flexibility index (Phi) is 7.26. The smallest absolute Gasteiger partial charge is 0.164 e. The number of rotatable bonds is 6. The highest BCUT2D eigenvalue weighted by atomic mass is 32.1. The van der Waals surface area contributed by atoms with Crippen LogP contribution in [0.5, 0.6) is 0 Å². The molecule has 9 rings (SSSR count). The maximum Gasteiger partial charge on any atom is 0.164 e. The highest BCUT2D eigenvalue weighted by Crippen LogP contribution is 2.39. The van der Waals surface area contributed by atoms with Crippen LogP contribution < -0.4 is 0 Å². The molecule has 0 unspecified atom stereocenters. The lowest BCUT2D eigenvalue weighted by Gasteiger charge is -2.11. The first kappa shape index (κ1) is 28.8. The van der Waals surface area contributed by atoms with E-state index in [9.17, 15) is 0 Å². The molecule has 5 nitrogen and oxygen atoms in total. The lowest BCUT2D eigenvalue weighted by atomic mass is 10.0. The monoisotopic (exact) mass is 645 g/mol. The normalized spacial score (nSPS) is 11.3. The molecule has 0 saturated heterocycles. The molecule has 0 N–H and O–H groups in total. The second-order valence-electron chi connectivity index (χ2n) is 11.8. The van der Waals surface area contributed by atoms with Gasteiger partial charge in [-0.25, -0.2) is 24.9 Å². The second-order valence-corrected chi connectivity index (χ2v) is 12.8. The summed E-state index contributed by atoms with van der Waals surface area (Å²) in [6.07, 6.45) is 3.50. The van der Waals surface area contributed by atoms with E-state index in [0.29, 0.717) is 17.5 Å². The predicted molar refractivity (Wildman–Crippen MR) is 201 cm³/mol. The van der Waals surface area contributed by atoms with E-state index in [0.717, 1.165) is 54.5 Å². The molecule has 0 fully saturated rings. The molecule has 0 aliphatic carbocycles. The number of hydrogen-bond acceptors (Lipinski definition) is 6. The zero-order valence-corrected chi connectivity index (χ0v) is 27.0. The van der Waals surface area contributed by atoms with Gasteiger partial charge in [-0.15, -0.1) is 11.3 Å². The molecular weight excluding hydrogens is 619 g/mol. The topological polar surface area (TPSA) is 64.5 Å². The first-order valence-electron chi connectivity index (χ1n) is 16.1. The van der Waals surface area contributed by atoms with Crippen LogP contribution in [0.3, 0.4) is 0 Å². The van der Waals surface area contributed by atoms with E-state index in [1.54, 1.807) is 17.7 Å². The summed E-state index contributed by atoms with van der Waals surface area (Å²) < 4.78 is 2.26. The highest BCUT2D eigenvalue weighted by Gasteiger charge is 2.16. The third-order valence-electron chi connectivity index (χ3n) is 8.73. The van der Waals surface area contributed by atoms with Gasteiger partial charge in [-0.2, -0.15) is 0 Å². The third-order valence-corrected chi connectivity index (χ3v) is 9.89. The van der Waals surface area contributed by atoms with Crippen molar-refractivity contribution < 1.29 is 0 Å². The van der Waals surface area contributed by atoms with Gasteiger partial charge in [-0.1, -0.05) is 146 Å². The number of benzene rings is 6. The number of fused-ring (bicyclic) bond motifs is 3. The zero-order chi connectivity index (χ0) is 32.6. The van der Waals surface area contributed by atoms with Crippen LogP contribution in [-0.2, 0) is 0 Å². The van der Waals surface area contributed by atoms with Crippen molar-refractivity contribution in [2.24, 2.45) is 0 Å². The number of thiophene rings is 1. The van der Waals surface area contributed by atoms with Gasteiger partial charge in [0.25, 0.3) is 0 Å². The first-order chi connectivity index (χ1) is 24.3. The summed E-state index contributed by atoms with van der Waals surface area (Å²) in [5.41, 5.74) is 10.6. The van der Waals surface area contributed by atoms with Gasteiger partial charge in [-0.05, 0) is 39.4 Å². The molecule has 0 aliphatic rings. The molecule has 3 aromatic heterocycles. The lowest BCUT2D eigenvalue weighted by molar-refractivity contribution is 1.07. The second kappa shape index (κ2) is 12.3. The molecule has 9 aromatic rings. The van der Waals surface area contributed by atoms with Crippen LogP contribution in [0.25, 0.3) is 87.8 Å². The maximum atomic E-state index is 5.06. The highest BCUT2D eigenvalue weighted by molar-refractivity contribution is 7.26. The van der Waals surface area contributed by atoms with Gasteiger partial charge in [0, 0.05) is 33.0 Å². The minimum absolute atomic E-state index is 0.621. The molecule has 0 bridgehead atoms. The molecule has 0 aliphatic heterocycles. The van der Waals surface area contributed by atoms with Crippen molar-refractivity contribution in [1.29, 1.82) is 0 Å². The van der Waals surface area contributed by atoms with Crippen LogP contribution in [0.1, 0.15) is 0 Å². The van der Waals surface area contributed by atoms with Crippen molar-refractivity contribution >= 4 is 31.6 Å². The Bertz CT molecular complexity index is 2480. The standard InChI is InChI=1S/C43H27N5S/c1-3-9-28(10-4-1)30-17-21-32(22-18-30)41-46-42(33-23-19-31(20-24-33)29-11-5-2-6-12-29)48-43(47-41)35-14-7-13-34(25-35)36-15-8-16-37-39-38(49-40(36)37)26-44-27-45-39/h1-27H. The van der Waals surface area contributed by atoms with E-state index in [1.165, 1.54) is 15.8 Å². The summed E-state index contributed by atoms with van der Waals surface area (Å²) in [4.78, 5) is 24.0. The lowest BCUT2D eigenvalue weighted by Crippen LogP contribution is -2.00. The fourth-order valence-corrected chi connectivity index (χ4v) is 7.40. The largest absolute Gasteiger partial charge is 0.243 e. The van der Waals surface area contributed by atoms with Crippen molar-refractivity contribution in [2.45, 2.75) is 0 Å². The van der Waals surface area contributed by atoms with Crippen molar-refractivity contribution in [1.82, 2.24) is 24.9 Å². The summed E-state index contributed by atoms with van der Waals surface area (Å²) in [6.45, 7) is 0. The fraction of sp³-hybridized carbons (Fsp3) is 0. The molecule has 0 saturated carbocycles. The molecule has 0 spiro atoms. The van der Waals surface area contributed by atoms with Crippen molar-refractivity contribution in [2.75, 3.05) is 0 Å². The summed E-state index contributed by atoms with van der Waals surface area (Å²) in [6, 6.07) is 52.5. The van der Waals surface area contributed by atoms with Crippen molar-refractivity contribution in [3.63, 3.8) is 0 Å². The Morgan fingerprint density at radius 2 is 0.898 bits per heavy atom. The van der Waals surface area contributed by atoms with E-state index in [-0.39, 0.29) is 0 Å².